The first-order valence-electron chi connectivity index (χ1n) is 7.44. The molecule has 1 aliphatic rings. The van der Waals surface area contributed by atoms with Crippen LogP contribution >= 0.6 is 0 Å². The molecule has 1 aliphatic carbocycles. The van der Waals surface area contributed by atoms with E-state index in [2.05, 4.69) is 0 Å². The molecule has 3 heteroatoms. The largest absolute Gasteiger partial charge is 0.300 e. The first kappa shape index (κ1) is 49.5. The number of hydrogen-bond donors (Lipinski definition) is 0. The average molecular weight is 339 g/mol. The monoisotopic (exact) mass is 338 g/mol. The van der Waals surface area contributed by atoms with Crippen LogP contribution in [0.1, 0.15) is 117 Å². The van der Waals surface area contributed by atoms with Crippen molar-refractivity contribution in [1.82, 2.24) is 0 Å². The third kappa shape index (κ3) is 93.5. The van der Waals surface area contributed by atoms with E-state index in [9.17, 15) is 14.4 Å². The zero-order valence-corrected chi connectivity index (χ0v) is 14.3. The van der Waals surface area contributed by atoms with Crippen molar-refractivity contribution in [3.8, 4) is 0 Å². The van der Waals surface area contributed by atoms with Crippen LogP contribution in [0.2, 0.25) is 0 Å². The Bertz CT molecular complexity index is 178. The molecule has 23 heavy (non-hydrogen) atoms. The van der Waals surface area contributed by atoms with E-state index in [1.54, 1.807) is 13.8 Å². The van der Waals surface area contributed by atoms with Crippen LogP contribution in [0.15, 0.2) is 0 Å². The van der Waals surface area contributed by atoms with Gasteiger partial charge in [0.1, 0.15) is 17.3 Å². The van der Waals surface area contributed by atoms with E-state index in [0.29, 0.717) is 18.6 Å². The summed E-state index contributed by atoms with van der Waals surface area (Å²) in [5.74, 6) is 0.944. The Labute approximate surface area is 149 Å². The van der Waals surface area contributed by atoms with Crippen molar-refractivity contribution in [1.29, 1.82) is 0 Å². The van der Waals surface area contributed by atoms with Gasteiger partial charge < -0.3 is 9.59 Å². The van der Waals surface area contributed by atoms with Gasteiger partial charge in [-0.1, -0.05) is 71.2 Å². The highest BCUT2D eigenvalue weighted by molar-refractivity contribution is 5.83. The van der Waals surface area contributed by atoms with Gasteiger partial charge in [0.2, 0.25) is 0 Å². The second kappa shape index (κ2) is 49.7. The number of carbonyl (C=O) groups excluding carboxylic acids is 3. The molecular weight excluding hydrogens is 288 g/mol. The van der Waals surface area contributed by atoms with Gasteiger partial charge in [0.25, 0.3) is 0 Å². The van der Waals surface area contributed by atoms with Gasteiger partial charge in [0.15, 0.2) is 0 Å². The summed E-state index contributed by atoms with van der Waals surface area (Å²) >= 11 is 0. The van der Waals surface area contributed by atoms with Gasteiger partial charge >= 0.3 is 0 Å². The Balaban J connectivity index is -0.0000000204. The quantitative estimate of drug-likeness (QED) is 0.530. The van der Waals surface area contributed by atoms with Gasteiger partial charge in [-0.15, -0.1) is 0 Å². The van der Waals surface area contributed by atoms with Crippen molar-refractivity contribution < 1.29 is 14.4 Å². The molecule has 1 fully saturated rings. The summed E-state index contributed by atoms with van der Waals surface area (Å²) in [6.07, 6.45) is 4.17. The molecule has 148 valence electrons. The van der Waals surface area contributed by atoms with Crippen LogP contribution < -0.4 is 0 Å². The predicted octanol–water partition coefficient (Wildman–Crippen LogP) is 7.31. The molecule has 0 bridgehead atoms. The lowest BCUT2D eigenvalue weighted by molar-refractivity contribution is -0.123. The summed E-state index contributed by atoms with van der Waals surface area (Å²) in [5, 5.41) is 0. The molecule has 0 aromatic rings. The van der Waals surface area contributed by atoms with Gasteiger partial charge in [0.05, 0.1) is 0 Å². The van der Waals surface area contributed by atoms with E-state index in [1.807, 2.05) is 41.5 Å². The Morgan fingerprint density at radius 2 is 0.870 bits per heavy atom. The average Bonchev–Trinajstić information content (AvgIpc) is 2.42. The first-order chi connectivity index (χ1) is 8.93. The Morgan fingerprint density at radius 1 is 0.739 bits per heavy atom. The van der Waals surface area contributed by atoms with Crippen molar-refractivity contribution in [2.24, 2.45) is 0 Å². The van der Waals surface area contributed by atoms with Gasteiger partial charge in [-0.05, 0) is 20.3 Å². The standard InChI is InChI=1S/C4H6O.2C4H8O.2C2H6.4CH4/c5-4-2-1-3-4;2*1-3-4(2)5;2*1-2;;;;/h1-3H2;2*3H2,1-2H3;2*1-2H3;4*1H4. The first-order valence-corrected chi connectivity index (χ1v) is 7.44. The molecule has 0 amide bonds. The molecule has 0 N–H and O–H groups in total. The number of carbonyl (C=O) groups is 3. The third-order valence-corrected chi connectivity index (χ3v) is 1.91. The zero-order valence-electron chi connectivity index (χ0n) is 14.3. The SMILES string of the molecule is C.C.C.C.CC.CC.CCC(C)=O.CCC(C)=O.O=C1CCC1. The molecule has 1 saturated carbocycles. The van der Waals surface area contributed by atoms with Crippen molar-refractivity contribution in [3.63, 3.8) is 0 Å². The molecule has 0 saturated heterocycles. The highest BCUT2D eigenvalue weighted by Crippen LogP contribution is 2.10. The lowest BCUT2D eigenvalue weighted by atomic mass is 9.99. The fourth-order valence-electron chi connectivity index (χ4n) is 0.321. The maximum absolute atomic E-state index is 9.90. The van der Waals surface area contributed by atoms with Crippen LogP contribution in [-0.2, 0) is 14.4 Å². The molecule has 0 unspecified atom stereocenters. The van der Waals surface area contributed by atoms with Crippen LogP contribution in [0.25, 0.3) is 0 Å². The van der Waals surface area contributed by atoms with E-state index >= 15 is 0 Å². The van der Waals surface area contributed by atoms with E-state index in [4.69, 9.17) is 0 Å². The zero-order chi connectivity index (χ0) is 16.3. The molecule has 0 aromatic carbocycles. The topological polar surface area (TPSA) is 51.2 Å². The minimum absolute atomic E-state index is 0. The second-order valence-corrected chi connectivity index (χ2v) is 3.50. The lowest BCUT2D eigenvalue weighted by Crippen LogP contribution is -2.07. The molecule has 0 spiro atoms. The van der Waals surface area contributed by atoms with E-state index in [1.165, 1.54) is 0 Å². The van der Waals surface area contributed by atoms with Crippen molar-refractivity contribution in [3.05, 3.63) is 0 Å². The highest BCUT2D eigenvalue weighted by atomic mass is 16.1. The van der Waals surface area contributed by atoms with Gasteiger partial charge in [-0.25, -0.2) is 0 Å². The summed E-state index contributed by atoms with van der Waals surface area (Å²) < 4.78 is 0. The van der Waals surface area contributed by atoms with Crippen LogP contribution in [0.5, 0.6) is 0 Å². The fraction of sp³-hybridized carbons (Fsp3) is 0.850. The number of ketones is 3. The molecule has 3 nitrogen and oxygen atoms in total. The summed E-state index contributed by atoms with van der Waals surface area (Å²) in [4.78, 5) is 29.5. The van der Waals surface area contributed by atoms with Crippen LogP contribution in [-0.4, -0.2) is 17.3 Å². The van der Waals surface area contributed by atoms with E-state index in [-0.39, 0.29) is 41.3 Å². The molecule has 0 heterocycles. The number of hydrogen-bond acceptors (Lipinski definition) is 3. The van der Waals surface area contributed by atoms with Crippen molar-refractivity contribution in [2.75, 3.05) is 0 Å². The van der Waals surface area contributed by atoms with Gasteiger partial charge in [-0.2, -0.15) is 0 Å². The Hall–Kier alpha value is -0.990. The van der Waals surface area contributed by atoms with Gasteiger partial charge in [0, 0.05) is 25.7 Å². The molecule has 0 radical (unpaired) electrons. The Kier molecular flexibility index (Phi) is 107. The van der Waals surface area contributed by atoms with Crippen molar-refractivity contribution >= 4 is 17.3 Å². The van der Waals surface area contributed by atoms with Crippen molar-refractivity contribution in [2.45, 2.75) is 117 Å². The van der Waals surface area contributed by atoms with Crippen LogP contribution in [0, 0.1) is 0 Å². The Morgan fingerprint density at radius 3 is 0.870 bits per heavy atom. The maximum atomic E-state index is 9.90. The summed E-state index contributed by atoms with van der Waals surface area (Å²) in [5.41, 5.74) is 0. The van der Waals surface area contributed by atoms with Crippen LogP contribution in [0.4, 0.5) is 0 Å². The summed E-state index contributed by atoms with van der Waals surface area (Å²) in [7, 11) is 0. The van der Waals surface area contributed by atoms with Crippen LogP contribution in [0.3, 0.4) is 0 Å². The lowest BCUT2D eigenvalue weighted by Gasteiger charge is -2.05. The normalized spacial score (nSPS) is 8.61. The predicted molar refractivity (Wildman–Crippen MR) is 110 cm³/mol. The number of rotatable bonds is 2. The summed E-state index contributed by atoms with van der Waals surface area (Å²) in [6, 6.07) is 0. The molecular formula is C20H50O3. The molecule has 0 aliphatic heterocycles. The minimum Gasteiger partial charge on any atom is -0.300 e. The van der Waals surface area contributed by atoms with E-state index < -0.39 is 0 Å². The smallest absolute Gasteiger partial charge is 0.132 e. The molecule has 0 atom stereocenters. The maximum Gasteiger partial charge on any atom is 0.132 e. The third-order valence-electron chi connectivity index (χ3n) is 1.91. The molecule has 0 aromatic heterocycles. The minimum atomic E-state index is 0. The van der Waals surface area contributed by atoms with E-state index in [0.717, 1.165) is 19.3 Å². The second-order valence-electron chi connectivity index (χ2n) is 3.50. The molecule has 1 rings (SSSR count). The highest BCUT2D eigenvalue weighted by Gasteiger charge is 2.09. The fourth-order valence-corrected chi connectivity index (χ4v) is 0.321. The summed E-state index contributed by atoms with van der Waals surface area (Å²) in [6.45, 7) is 14.9. The number of Topliss-reactive ketones (excluding diaryl/α,β-unsaturated/α-hetero) is 3. The van der Waals surface area contributed by atoms with Gasteiger partial charge in [-0.3, -0.25) is 4.79 Å².